The molecule has 1 saturated heterocycles. The second kappa shape index (κ2) is 32.1. The minimum atomic E-state index is -0.864. The maximum Gasteiger partial charge on any atom is 0.435 e. The van der Waals surface area contributed by atoms with Gasteiger partial charge in [0.2, 0.25) is 5.28 Å². The van der Waals surface area contributed by atoms with E-state index in [9.17, 15) is 19.2 Å². The zero-order valence-electron chi connectivity index (χ0n) is 49.5. The Bertz CT molecular complexity index is 3760. The molecule has 2 aliphatic heterocycles. The molecule has 9 aromatic rings. The Hall–Kier alpha value is -7.97. The standard InChI is InChI=1S/C16H16ClN5O2.C15H14N4.C10H8BrNO.C9H5BrO2S.C8H18N2O2.C4H9NO/c1-16(2,3)24-15(23)22-12-5-4-11(8-10(12)9-19-22)20-13-6-7-18-14(17)21-13;1-11-17-9-7-15(18-11)19-14-4-2-12(3-5-14)13-6-8-16-10-13;1-6(13)9-4-7-2-3-8(11)5-10(7)12-9;10-6-2-1-5-3-8(9(11)12)13-7(5)4-6;1-6(9)5-10-7(11)12-8(2,3)4;5-4-1-2-6-3-4/h4-9H,1-3H3,(H,18,20,21);2-7,9-10H,8H2,1H3,(H,17,18,19);2-5,12H,1H3;1-4H,(H,11,12);6H,5,9H2,1-4H3,(H,10,11);4H,1-3,5H2/t;;;;6-;/m....1./s1. The van der Waals surface area contributed by atoms with Crippen LogP contribution in [-0.4, -0.2) is 120 Å². The quantitative estimate of drug-likeness (QED) is 0.0522. The van der Waals surface area contributed by atoms with Crippen molar-refractivity contribution in [1.82, 2.24) is 40.0 Å². The van der Waals surface area contributed by atoms with Gasteiger partial charge in [-0.25, -0.2) is 34.3 Å². The van der Waals surface area contributed by atoms with Crippen LogP contribution >= 0.6 is 54.8 Å². The van der Waals surface area contributed by atoms with Gasteiger partial charge < -0.3 is 51.7 Å². The number of aromatic nitrogens is 7. The fourth-order valence-electron chi connectivity index (χ4n) is 7.59. The van der Waals surface area contributed by atoms with Gasteiger partial charge in [0.1, 0.15) is 33.5 Å². The molecule has 21 nitrogen and oxygen atoms in total. The molecule has 0 radical (unpaired) electrons. The van der Waals surface area contributed by atoms with Gasteiger partial charge in [-0.3, -0.25) is 9.79 Å². The fourth-order valence-corrected chi connectivity index (χ4v) is 9.55. The number of nitrogens with two attached hydrogens (primary N) is 2. The SMILES string of the molecule is CC(=O)c1cc2ccc(Br)cc2[nH]1.CC(C)(C)OC(=O)n1ncc2cc(Nc3ccnc(Cl)n3)ccc21.C[C@@H](N)CNC(=O)OC(C)(C)C.Cc1nccc(Nc2ccc(C3=CCN=C3)cc2)n1.NC1CCOC1.O=C(O)c1cc2ccc(Br)cc2s1. The van der Waals surface area contributed by atoms with E-state index in [0.717, 1.165) is 84.5 Å². The lowest BCUT2D eigenvalue weighted by Crippen LogP contribution is -2.38. The lowest BCUT2D eigenvalue weighted by Gasteiger charge is -2.20. The Morgan fingerprint density at radius 2 is 1.49 bits per heavy atom. The summed E-state index contributed by atoms with van der Waals surface area (Å²) in [4.78, 5) is 68.8. The number of carbonyl (C=O) groups excluding carboxylic acids is 3. The molecule has 7 heterocycles. The first-order valence-electron chi connectivity index (χ1n) is 27.3. The summed E-state index contributed by atoms with van der Waals surface area (Å²) in [6.07, 6.45) is 9.07. The van der Waals surface area contributed by atoms with Crippen LogP contribution in [0.4, 0.5) is 32.6 Å². The van der Waals surface area contributed by atoms with Crippen LogP contribution in [0.2, 0.25) is 5.28 Å². The molecule has 25 heteroatoms. The van der Waals surface area contributed by atoms with Gasteiger partial charge in [0, 0.05) is 92.1 Å². The molecular formula is C62H70Br2ClN13O8S. The summed E-state index contributed by atoms with van der Waals surface area (Å²) in [6.45, 7) is 19.0. The Kier molecular flexibility index (Phi) is 25.2. The van der Waals surface area contributed by atoms with Crippen LogP contribution in [0, 0.1) is 6.92 Å². The number of hydrogen-bond acceptors (Lipinski definition) is 18. The van der Waals surface area contributed by atoms with E-state index in [1.807, 2.05) is 134 Å². The Morgan fingerprint density at radius 1 is 0.839 bits per heavy atom. The number of thiophene rings is 1. The van der Waals surface area contributed by atoms with Crippen molar-refractivity contribution in [2.24, 2.45) is 16.5 Å². The number of nitrogens with one attached hydrogen (secondary N) is 4. The van der Waals surface area contributed by atoms with Gasteiger partial charge in [-0.2, -0.15) is 9.78 Å². The maximum absolute atomic E-state index is 12.2. The molecule has 1 fully saturated rings. The largest absolute Gasteiger partial charge is 0.477 e. The number of allylic oxidation sites excluding steroid dienone is 1. The highest BCUT2D eigenvalue weighted by Crippen LogP contribution is 2.29. The summed E-state index contributed by atoms with van der Waals surface area (Å²) in [6, 6.07) is 32.7. The number of ether oxygens (including phenoxy) is 3. The summed E-state index contributed by atoms with van der Waals surface area (Å²) < 4.78 is 19.5. The number of aromatic carboxylic acids is 1. The third kappa shape index (κ3) is 23.3. The highest BCUT2D eigenvalue weighted by molar-refractivity contribution is 9.10. The van der Waals surface area contributed by atoms with E-state index in [1.165, 1.54) is 27.2 Å². The van der Waals surface area contributed by atoms with Crippen molar-refractivity contribution >= 4 is 145 Å². The number of aliphatic imine (C=N–C) groups is 1. The number of anilines is 4. The molecule has 1 unspecified atom stereocenters. The van der Waals surface area contributed by atoms with Gasteiger partial charge in [0.05, 0.1) is 30.6 Å². The van der Waals surface area contributed by atoms with Crippen LogP contribution in [0.5, 0.6) is 0 Å². The number of alkyl carbamates (subject to hydrolysis) is 1. The topological polar surface area (TPSA) is 302 Å². The molecule has 0 spiro atoms. The predicted molar refractivity (Wildman–Crippen MR) is 353 cm³/mol. The lowest BCUT2D eigenvalue weighted by molar-refractivity contribution is 0.0512. The second-order valence-corrected chi connectivity index (χ2v) is 24.8. The van der Waals surface area contributed by atoms with Gasteiger partial charge >= 0.3 is 18.2 Å². The van der Waals surface area contributed by atoms with Crippen LogP contribution in [-0.2, 0) is 14.2 Å². The first-order chi connectivity index (χ1) is 41.2. The van der Waals surface area contributed by atoms with Crippen LogP contribution < -0.4 is 27.4 Å². The molecule has 11 rings (SSSR count). The summed E-state index contributed by atoms with van der Waals surface area (Å²) in [5.41, 5.74) is 16.3. The molecular weight excluding hydrogens is 1280 g/mol. The number of carboxylic acids is 1. The molecule has 0 bridgehead atoms. The van der Waals surface area contributed by atoms with Crippen molar-refractivity contribution < 1.29 is 38.5 Å². The minimum Gasteiger partial charge on any atom is -0.477 e. The van der Waals surface area contributed by atoms with E-state index in [0.29, 0.717) is 34.5 Å². The third-order valence-electron chi connectivity index (χ3n) is 11.5. The van der Waals surface area contributed by atoms with Crippen LogP contribution in [0.3, 0.4) is 0 Å². The molecule has 87 heavy (non-hydrogen) atoms. The Balaban J connectivity index is 0.000000174. The normalized spacial score (nSPS) is 13.5. The van der Waals surface area contributed by atoms with E-state index in [1.54, 1.807) is 43.7 Å². The smallest absolute Gasteiger partial charge is 0.435 e. The fraction of sp³-hybridized carbons (Fsp3) is 0.290. The van der Waals surface area contributed by atoms with Crippen molar-refractivity contribution in [2.75, 3.05) is 36.9 Å². The van der Waals surface area contributed by atoms with Crippen LogP contribution in [0.15, 0.2) is 142 Å². The van der Waals surface area contributed by atoms with E-state index in [-0.39, 0.29) is 17.1 Å². The van der Waals surface area contributed by atoms with Gasteiger partial charge in [-0.05, 0) is 169 Å². The highest BCUT2D eigenvalue weighted by atomic mass is 79.9. The second-order valence-electron chi connectivity index (χ2n) is 21.5. The van der Waals surface area contributed by atoms with Crippen molar-refractivity contribution in [3.05, 3.63) is 164 Å². The number of benzene rings is 4. The first kappa shape index (κ1) is 68.1. The number of amides is 1. The summed E-state index contributed by atoms with van der Waals surface area (Å²) in [7, 11) is 0. The van der Waals surface area contributed by atoms with Crippen molar-refractivity contribution in [3.8, 4) is 0 Å². The Labute approximate surface area is 530 Å². The van der Waals surface area contributed by atoms with E-state index >= 15 is 0 Å². The van der Waals surface area contributed by atoms with Crippen molar-refractivity contribution in [2.45, 2.75) is 92.0 Å². The number of Topliss-reactive ketones (excluding diaryl/α,β-unsaturated/α-hetero) is 1. The van der Waals surface area contributed by atoms with E-state index in [2.05, 4.69) is 101 Å². The average Bonchev–Trinajstić information content (AvgIpc) is 2.56. The molecule has 0 aliphatic carbocycles. The third-order valence-corrected chi connectivity index (χ3v) is 13.8. The molecule has 9 N–H and O–H groups in total. The molecule has 2 atom stereocenters. The number of carbonyl (C=O) groups is 4. The molecule has 1 amide bonds. The van der Waals surface area contributed by atoms with Crippen LogP contribution in [0.1, 0.15) is 93.4 Å². The van der Waals surface area contributed by atoms with Crippen molar-refractivity contribution in [1.29, 1.82) is 0 Å². The number of halogens is 3. The molecule has 5 aromatic heterocycles. The number of rotatable bonds is 9. The van der Waals surface area contributed by atoms with Gasteiger partial charge in [0.15, 0.2) is 5.78 Å². The first-order valence-corrected chi connectivity index (χ1v) is 30.1. The molecule has 0 saturated carbocycles. The average molecular weight is 1350 g/mol. The predicted octanol–water partition coefficient (Wildman–Crippen LogP) is 14.1. The Morgan fingerprint density at radius 3 is 2.08 bits per heavy atom. The monoisotopic (exact) mass is 1350 g/mol. The number of aromatic amines is 1. The summed E-state index contributed by atoms with van der Waals surface area (Å²) in [5.74, 6) is 1.34. The number of fused-ring (bicyclic) bond motifs is 3. The van der Waals surface area contributed by atoms with E-state index < -0.39 is 29.4 Å². The lowest BCUT2D eigenvalue weighted by atomic mass is 10.1. The van der Waals surface area contributed by atoms with Crippen molar-refractivity contribution in [3.63, 3.8) is 0 Å². The number of H-pyrrole nitrogens is 1. The number of nitrogens with zero attached hydrogens (tertiary/aromatic N) is 7. The van der Waals surface area contributed by atoms with Gasteiger partial charge in [-0.1, -0.05) is 62.2 Å². The summed E-state index contributed by atoms with van der Waals surface area (Å²) >= 11 is 13.8. The van der Waals surface area contributed by atoms with Gasteiger partial charge in [0.25, 0.3) is 0 Å². The maximum atomic E-state index is 12.2. The molecule has 458 valence electrons. The number of ketones is 1. The number of aryl methyl sites for hydroxylation is 1. The molecule has 4 aromatic carbocycles. The number of carboxylic acid groups (broad SMARTS) is 1. The molecule has 2 aliphatic rings. The minimum absolute atomic E-state index is 0.0440. The highest BCUT2D eigenvalue weighted by Gasteiger charge is 2.21. The summed E-state index contributed by atoms with van der Waals surface area (Å²) in [5, 5.41) is 24.8. The van der Waals surface area contributed by atoms with E-state index in [4.69, 9.17) is 42.4 Å². The van der Waals surface area contributed by atoms with Crippen LogP contribution in [0.25, 0.3) is 37.5 Å². The van der Waals surface area contributed by atoms with Gasteiger partial charge in [-0.15, -0.1) is 11.3 Å². The zero-order chi connectivity index (χ0) is 63.4. The number of hydrogen-bond donors (Lipinski definition) is 7. The zero-order valence-corrected chi connectivity index (χ0v) is 54.3.